The van der Waals surface area contributed by atoms with Crippen molar-refractivity contribution in [1.82, 2.24) is 0 Å². The van der Waals surface area contributed by atoms with Crippen molar-refractivity contribution in [1.29, 1.82) is 0 Å². The smallest absolute Gasteiger partial charge is 0.196 e. The van der Waals surface area contributed by atoms with Crippen molar-refractivity contribution in [2.75, 3.05) is 5.32 Å². The summed E-state index contributed by atoms with van der Waals surface area (Å²) in [5.74, 6) is -0.351. The summed E-state index contributed by atoms with van der Waals surface area (Å²) in [5, 5.41) is 3.69. The number of hydrogen-bond donors (Lipinski definition) is 1. The van der Waals surface area contributed by atoms with Crippen molar-refractivity contribution >= 4 is 34.5 Å². The first-order valence-electron chi connectivity index (χ1n) is 7.90. The van der Waals surface area contributed by atoms with Crippen LogP contribution < -0.4 is 5.32 Å². The van der Waals surface area contributed by atoms with Crippen LogP contribution in [0.15, 0.2) is 60.7 Å². The van der Waals surface area contributed by atoms with E-state index in [9.17, 15) is 9.59 Å². The van der Waals surface area contributed by atoms with Gasteiger partial charge in [0.25, 0.3) is 0 Å². The molecule has 0 radical (unpaired) electrons. The molecule has 3 nitrogen and oxygen atoms in total. The van der Waals surface area contributed by atoms with Gasteiger partial charge in [-0.25, -0.2) is 0 Å². The molecule has 4 rings (SSSR count). The lowest BCUT2D eigenvalue weighted by Crippen LogP contribution is -2.22. The third-order valence-electron chi connectivity index (χ3n) is 4.34. The molecule has 1 aliphatic rings. The maximum atomic E-state index is 13.0. The Morgan fingerprint density at radius 3 is 2.32 bits per heavy atom. The Hall–Kier alpha value is -2.91. The van der Waals surface area contributed by atoms with Crippen LogP contribution in [0.4, 0.5) is 11.4 Å². The van der Waals surface area contributed by atoms with Gasteiger partial charge in [-0.05, 0) is 43.3 Å². The van der Waals surface area contributed by atoms with Gasteiger partial charge in [-0.3, -0.25) is 9.59 Å². The predicted octanol–water partition coefficient (Wildman–Crippen LogP) is 5.17. The molecule has 0 spiro atoms. The van der Waals surface area contributed by atoms with Crippen molar-refractivity contribution in [3.05, 3.63) is 93.5 Å². The van der Waals surface area contributed by atoms with Crippen LogP contribution in [0.1, 0.15) is 37.4 Å². The number of fused-ring (bicyclic) bond motifs is 2. The van der Waals surface area contributed by atoms with Crippen molar-refractivity contribution in [2.45, 2.75) is 6.92 Å². The van der Waals surface area contributed by atoms with E-state index in [1.54, 1.807) is 36.4 Å². The van der Waals surface area contributed by atoms with E-state index in [0.717, 1.165) is 11.3 Å². The number of rotatable bonds is 2. The molecule has 4 heteroatoms. The van der Waals surface area contributed by atoms with E-state index in [4.69, 9.17) is 11.6 Å². The molecule has 1 aliphatic carbocycles. The molecule has 0 saturated heterocycles. The molecule has 0 fully saturated rings. The summed E-state index contributed by atoms with van der Waals surface area (Å²) in [6.45, 7) is 2.01. The summed E-state index contributed by atoms with van der Waals surface area (Å²) >= 11 is 6.02. The number of benzene rings is 3. The number of hydrogen-bond acceptors (Lipinski definition) is 3. The summed E-state index contributed by atoms with van der Waals surface area (Å²) in [6, 6.07) is 17.9. The molecule has 0 aliphatic heterocycles. The molecule has 122 valence electrons. The Morgan fingerprint density at radius 2 is 1.56 bits per heavy atom. The van der Waals surface area contributed by atoms with E-state index in [0.29, 0.717) is 33.0 Å². The van der Waals surface area contributed by atoms with E-state index < -0.39 is 0 Å². The second kappa shape index (κ2) is 5.87. The standard InChI is InChI=1S/C21H14ClNO2/c1-12-5-8-14(9-6-12)23-18-4-2-3-16-19(18)21(25)17-11-13(22)7-10-15(17)20(16)24/h2-11,23H,1H3. The Kier molecular flexibility index (Phi) is 3.66. The van der Waals surface area contributed by atoms with Crippen LogP contribution >= 0.6 is 11.6 Å². The minimum atomic E-state index is -0.192. The van der Waals surface area contributed by atoms with Gasteiger partial charge in [-0.2, -0.15) is 0 Å². The average molecular weight is 348 g/mol. The normalized spacial score (nSPS) is 12.6. The van der Waals surface area contributed by atoms with Crippen LogP contribution in [0, 0.1) is 6.92 Å². The van der Waals surface area contributed by atoms with Crippen LogP contribution in [-0.2, 0) is 0 Å². The van der Waals surface area contributed by atoms with Gasteiger partial charge in [-0.15, -0.1) is 0 Å². The fraction of sp³-hybridized carbons (Fsp3) is 0.0476. The summed E-state index contributed by atoms with van der Waals surface area (Å²) in [7, 11) is 0. The quantitative estimate of drug-likeness (QED) is 0.544. The van der Waals surface area contributed by atoms with E-state index in [1.165, 1.54) is 0 Å². The largest absolute Gasteiger partial charge is 0.355 e. The summed E-state index contributed by atoms with van der Waals surface area (Å²) < 4.78 is 0. The van der Waals surface area contributed by atoms with Gasteiger partial charge >= 0.3 is 0 Å². The molecule has 1 N–H and O–H groups in total. The molecule has 0 heterocycles. The first-order valence-corrected chi connectivity index (χ1v) is 8.28. The number of anilines is 2. The first-order chi connectivity index (χ1) is 12.0. The van der Waals surface area contributed by atoms with Crippen LogP contribution in [0.2, 0.25) is 5.02 Å². The predicted molar refractivity (Wildman–Crippen MR) is 99.2 cm³/mol. The molecular weight excluding hydrogens is 334 g/mol. The molecule has 0 bridgehead atoms. The topological polar surface area (TPSA) is 46.2 Å². The number of ketones is 2. The lowest BCUT2D eigenvalue weighted by molar-refractivity contribution is 0.0979. The van der Waals surface area contributed by atoms with Crippen LogP contribution in [0.25, 0.3) is 0 Å². The number of carbonyl (C=O) groups is 2. The summed E-state index contributed by atoms with van der Waals surface area (Å²) in [5.41, 5.74) is 4.18. The molecule has 0 atom stereocenters. The van der Waals surface area contributed by atoms with E-state index >= 15 is 0 Å². The highest BCUT2D eigenvalue weighted by atomic mass is 35.5. The zero-order valence-electron chi connectivity index (χ0n) is 13.5. The zero-order valence-corrected chi connectivity index (χ0v) is 14.2. The monoisotopic (exact) mass is 347 g/mol. The lowest BCUT2D eigenvalue weighted by Gasteiger charge is -2.21. The second-order valence-electron chi connectivity index (χ2n) is 6.07. The number of carbonyl (C=O) groups excluding carboxylic acids is 2. The van der Waals surface area contributed by atoms with Gasteiger partial charge in [0.05, 0.1) is 11.3 Å². The van der Waals surface area contributed by atoms with Crippen LogP contribution in [0.3, 0.4) is 0 Å². The Morgan fingerprint density at radius 1 is 0.800 bits per heavy atom. The van der Waals surface area contributed by atoms with Crippen LogP contribution in [0.5, 0.6) is 0 Å². The highest BCUT2D eigenvalue weighted by molar-refractivity contribution is 6.34. The number of halogens is 1. The molecular formula is C21H14ClNO2. The SMILES string of the molecule is Cc1ccc(Nc2cccc3c2C(=O)c2cc(Cl)ccc2C3=O)cc1. The third kappa shape index (κ3) is 2.63. The molecule has 3 aromatic rings. The first kappa shape index (κ1) is 15.6. The van der Waals surface area contributed by atoms with Crippen LogP contribution in [-0.4, -0.2) is 11.6 Å². The van der Waals surface area contributed by atoms with Gasteiger partial charge in [0, 0.05) is 27.4 Å². The van der Waals surface area contributed by atoms with Crippen molar-refractivity contribution in [3.8, 4) is 0 Å². The molecule has 25 heavy (non-hydrogen) atoms. The van der Waals surface area contributed by atoms with Crippen molar-refractivity contribution < 1.29 is 9.59 Å². The van der Waals surface area contributed by atoms with Gasteiger partial charge in [-0.1, -0.05) is 41.4 Å². The van der Waals surface area contributed by atoms with E-state index in [2.05, 4.69) is 5.32 Å². The Bertz CT molecular complexity index is 1020. The lowest BCUT2D eigenvalue weighted by atomic mass is 9.83. The summed E-state index contributed by atoms with van der Waals surface area (Å²) in [6.07, 6.45) is 0. The minimum Gasteiger partial charge on any atom is -0.355 e. The highest BCUT2D eigenvalue weighted by Crippen LogP contribution is 2.34. The summed E-state index contributed by atoms with van der Waals surface area (Å²) in [4.78, 5) is 25.8. The molecule has 0 saturated carbocycles. The molecule has 0 aromatic heterocycles. The maximum absolute atomic E-state index is 13.0. The fourth-order valence-electron chi connectivity index (χ4n) is 3.06. The Labute approximate surface area is 150 Å². The average Bonchev–Trinajstić information content (AvgIpc) is 2.61. The highest BCUT2D eigenvalue weighted by Gasteiger charge is 2.31. The van der Waals surface area contributed by atoms with E-state index in [-0.39, 0.29) is 11.6 Å². The maximum Gasteiger partial charge on any atom is 0.196 e. The minimum absolute atomic E-state index is 0.158. The molecule has 0 amide bonds. The second-order valence-corrected chi connectivity index (χ2v) is 6.50. The van der Waals surface area contributed by atoms with Gasteiger partial charge in [0.15, 0.2) is 11.6 Å². The third-order valence-corrected chi connectivity index (χ3v) is 4.57. The zero-order chi connectivity index (χ0) is 17.6. The Balaban J connectivity index is 1.84. The van der Waals surface area contributed by atoms with Gasteiger partial charge in [0.2, 0.25) is 0 Å². The molecule has 0 unspecified atom stereocenters. The van der Waals surface area contributed by atoms with Gasteiger partial charge < -0.3 is 5.32 Å². The molecule has 3 aromatic carbocycles. The van der Waals surface area contributed by atoms with E-state index in [1.807, 2.05) is 31.2 Å². The fourth-order valence-corrected chi connectivity index (χ4v) is 3.24. The van der Waals surface area contributed by atoms with Crippen molar-refractivity contribution in [3.63, 3.8) is 0 Å². The van der Waals surface area contributed by atoms with Crippen molar-refractivity contribution in [2.24, 2.45) is 0 Å². The number of aryl methyl sites for hydroxylation is 1. The number of nitrogens with one attached hydrogen (secondary N) is 1. The van der Waals surface area contributed by atoms with Gasteiger partial charge in [0.1, 0.15) is 0 Å².